The van der Waals surface area contributed by atoms with Gasteiger partial charge in [0.1, 0.15) is 5.56 Å². The van der Waals surface area contributed by atoms with Crippen LogP contribution < -0.4 is 14.8 Å². The van der Waals surface area contributed by atoms with E-state index < -0.39 is 10.8 Å². The van der Waals surface area contributed by atoms with Crippen LogP contribution in [0.2, 0.25) is 0 Å². The summed E-state index contributed by atoms with van der Waals surface area (Å²) in [6.45, 7) is 2.95. The fourth-order valence-electron chi connectivity index (χ4n) is 4.38. The summed E-state index contributed by atoms with van der Waals surface area (Å²) in [5.41, 5.74) is -0.322. The third-order valence-corrected chi connectivity index (χ3v) is 6.11. The monoisotopic (exact) mass is 433 g/mol. The van der Waals surface area contributed by atoms with Crippen molar-refractivity contribution in [3.63, 3.8) is 0 Å². The third-order valence-electron chi connectivity index (χ3n) is 6.11. The molecule has 2 amide bonds. The van der Waals surface area contributed by atoms with Crippen LogP contribution in [0.1, 0.15) is 62.2 Å². The van der Waals surface area contributed by atoms with E-state index in [1.165, 1.54) is 25.7 Å². The maximum atomic E-state index is 13.1. The largest absolute Gasteiger partial charge is 0.493 e. The molecule has 31 heavy (non-hydrogen) atoms. The number of piperidine rings is 1. The van der Waals surface area contributed by atoms with Crippen molar-refractivity contribution in [3.8, 4) is 11.5 Å². The number of likely N-dealkylation sites (tertiary alicyclic amines) is 1. The number of rotatable bonds is 7. The van der Waals surface area contributed by atoms with Crippen molar-refractivity contribution in [2.45, 2.75) is 57.9 Å². The fraction of sp³-hybridized carbons (Fsp3) is 0.636. The molecule has 0 radical (unpaired) electrons. The molecule has 0 unspecified atom stereocenters. The van der Waals surface area contributed by atoms with E-state index >= 15 is 0 Å². The Morgan fingerprint density at radius 1 is 1.13 bits per heavy atom. The minimum atomic E-state index is -0.577. The van der Waals surface area contributed by atoms with Crippen LogP contribution in [0.4, 0.5) is 5.69 Å². The minimum Gasteiger partial charge on any atom is -0.493 e. The summed E-state index contributed by atoms with van der Waals surface area (Å²) in [7, 11) is 1.43. The Morgan fingerprint density at radius 3 is 2.39 bits per heavy atom. The van der Waals surface area contributed by atoms with Gasteiger partial charge in [0.25, 0.3) is 11.6 Å². The van der Waals surface area contributed by atoms with E-state index in [9.17, 15) is 19.7 Å². The van der Waals surface area contributed by atoms with Crippen LogP contribution in [-0.2, 0) is 4.79 Å². The lowest BCUT2D eigenvalue weighted by Gasteiger charge is -2.33. The Kier molecular flexibility index (Phi) is 7.70. The van der Waals surface area contributed by atoms with Crippen molar-refractivity contribution in [1.82, 2.24) is 10.2 Å². The number of amides is 2. The molecule has 1 aromatic rings. The minimum absolute atomic E-state index is 0.0185. The molecule has 170 valence electrons. The Labute approximate surface area is 182 Å². The quantitative estimate of drug-likeness (QED) is 0.522. The van der Waals surface area contributed by atoms with Crippen LogP contribution in [-0.4, -0.2) is 54.5 Å². The molecular weight excluding hydrogens is 402 g/mol. The average molecular weight is 434 g/mol. The zero-order valence-electron chi connectivity index (χ0n) is 18.2. The zero-order chi connectivity index (χ0) is 22.4. The topological polar surface area (TPSA) is 111 Å². The van der Waals surface area contributed by atoms with Gasteiger partial charge in [0.15, 0.2) is 11.5 Å². The Morgan fingerprint density at radius 2 is 1.81 bits per heavy atom. The second kappa shape index (κ2) is 10.5. The first-order valence-electron chi connectivity index (χ1n) is 11.0. The molecule has 9 heteroatoms. The predicted molar refractivity (Wildman–Crippen MR) is 114 cm³/mol. The number of ether oxygens (including phenoxy) is 2. The summed E-state index contributed by atoms with van der Waals surface area (Å²) < 4.78 is 10.7. The van der Waals surface area contributed by atoms with Gasteiger partial charge in [0.2, 0.25) is 5.91 Å². The zero-order valence-corrected chi connectivity index (χ0v) is 18.2. The van der Waals surface area contributed by atoms with E-state index in [0.29, 0.717) is 32.5 Å². The van der Waals surface area contributed by atoms with E-state index in [1.807, 2.05) is 0 Å². The van der Waals surface area contributed by atoms with Crippen LogP contribution in [0.25, 0.3) is 0 Å². The van der Waals surface area contributed by atoms with Gasteiger partial charge >= 0.3 is 0 Å². The number of hydrogen-bond acceptors (Lipinski definition) is 6. The maximum Gasteiger partial charge on any atom is 0.286 e. The van der Waals surface area contributed by atoms with Crippen molar-refractivity contribution in [3.05, 3.63) is 27.8 Å². The number of carbonyl (C=O) groups is 2. The fourth-order valence-corrected chi connectivity index (χ4v) is 4.38. The summed E-state index contributed by atoms with van der Waals surface area (Å²) >= 11 is 0. The lowest BCUT2D eigenvalue weighted by atomic mass is 9.88. The van der Waals surface area contributed by atoms with Crippen LogP contribution in [0.5, 0.6) is 11.5 Å². The highest BCUT2D eigenvalue weighted by molar-refractivity contribution is 5.99. The van der Waals surface area contributed by atoms with Gasteiger partial charge in [-0.15, -0.1) is 0 Å². The van der Waals surface area contributed by atoms with Gasteiger partial charge in [0.05, 0.1) is 24.7 Å². The number of hydrogen-bond donors (Lipinski definition) is 1. The van der Waals surface area contributed by atoms with E-state index in [-0.39, 0.29) is 40.6 Å². The van der Waals surface area contributed by atoms with Crippen LogP contribution >= 0.6 is 0 Å². The number of nitrogens with zero attached hydrogens (tertiary/aromatic N) is 2. The lowest BCUT2D eigenvalue weighted by molar-refractivity contribution is -0.385. The van der Waals surface area contributed by atoms with Gasteiger partial charge in [-0.1, -0.05) is 19.3 Å². The molecule has 2 fully saturated rings. The number of carbonyl (C=O) groups excluding carboxylic acids is 2. The SMILES string of the molecule is CCOc1cc([N+](=O)[O-])c(C(=O)N2CCC(NC(=O)C3CCCCC3)CC2)cc1OC. The molecule has 1 aliphatic heterocycles. The molecule has 1 saturated carbocycles. The molecule has 0 bridgehead atoms. The van der Waals surface area contributed by atoms with E-state index in [4.69, 9.17) is 9.47 Å². The molecule has 2 aliphatic rings. The van der Waals surface area contributed by atoms with Gasteiger partial charge in [-0.25, -0.2) is 0 Å². The van der Waals surface area contributed by atoms with Crippen molar-refractivity contribution < 1.29 is 24.0 Å². The molecule has 0 aromatic heterocycles. The molecule has 1 saturated heterocycles. The second-order valence-corrected chi connectivity index (χ2v) is 8.12. The number of nitro benzene ring substituents is 1. The normalized spacial score (nSPS) is 17.8. The highest BCUT2D eigenvalue weighted by atomic mass is 16.6. The molecule has 0 spiro atoms. The Hall–Kier alpha value is -2.84. The lowest BCUT2D eigenvalue weighted by Crippen LogP contribution is -2.48. The second-order valence-electron chi connectivity index (χ2n) is 8.12. The van der Waals surface area contributed by atoms with E-state index in [1.54, 1.807) is 11.8 Å². The van der Waals surface area contributed by atoms with Crippen molar-refractivity contribution in [1.29, 1.82) is 0 Å². The highest BCUT2D eigenvalue weighted by Crippen LogP contribution is 2.35. The molecule has 0 atom stereocenters. The summed E-state index contributed by atoms with van der Waals surface area (Å²) in [4.78, 5) is 38.2. The number of benzene rings is 1. The molecular formula is C22H31N3O6. The van der Waals surface area contributed by atoms with Gasteiger partial charge in [-0.05, 0) is 32.6 Å². The number of nitro groups is 1. The van der Waals surface area contributed by atoms with Crippen LogP contribution in [0.15, 0.2) is 12.1 Å². The van der Waals surface area contributed by atoms with Crippen LogP contribution in [0.3, 0.4) is 0 Å². The molecule has 1 aromatic carbocycles. The predicted octanol–water partition coefficient (Wildman–Crippen LogP) is 3.30. The van der Waals surface area contributed by atoms with Gasteiger partial charge in [-0.3, -0.25) is 19.7 Å². The first kappa shape index (κ1) is 22.8. The first-order valence-corrected chi connectivity index (χ1v) is 11.0. The maximum absolute atomic E-state index is 13.1. The van der Waals surface area contributed by atoms with Crippen molar-refractivity contribution in [2.24, 2.45) is 5.92 Å². The third kappa shape index (κ3) is 5.45. The van der Waals surface area contributed by atoms with Crippen molar-refractivity contribution >= 4 is 17.5 Å². The summed E-state index contributed by atoms with van der Waals surface area (Å²) in [6, 6.07) is 2.65. The summed E-state index contributed by atoms with van der Waals surface area (Å²) in [5, 5.41) is 14.7. The Bertz CT molecular complexity index is 814. The molecule has 1 aliphatic carbocycles. The molecule has 3 rings (SSSR count). The molecule has 1 N–H and O–H groups in total. The van der Waals surface area contributed by atoms with Crippen LogP contribution in [0, 0.1) is 16.0 Å². The van der Waals surface area contributed by atoms with E-state index in [2.05, 4.69) is 5.32 Å². The molecule has 1 heterocycles. The standard InChI is InChI=1S/C22H31N3O6/c1-3-31-20-14-18(25(28)29)17(13-19(20)30-2)22(27)24-11-9-16(10-12-24)23-21(26)15-7-5-4-6-8-15/h13-16H,3-12H2,1-2H3,(H,23,26). The number of methoxy groups -OCH3 is 1. The molecule has 9 nitrogen and oxygen atoms in total. The average Bonchev–Trinajstić information content (AvgIpc) is 2.79. The van der Waals surface area contributed by atoms with Crippen molar-refractivity contribution in [2.75, 3.05) is 26.8 Å². The highest BCUT2D eigenvalue weighted by Gasteiger charge is 2.31. The van der Waals surface area contributed by atoms with Gasteiger partial charge < -0.3 is 19.7 Å². The summed E-state index contributed by atoms with van der Waals surface area (Å²) in [5.74, 6) is 0.330. The van der Waals surface area contributed by atoms with Gasteiger partial charge in [-0.2, -0.15) is 0 Å². The number of nitrogens with one attached hydrogen (secondary N) is 1. The smallest absolute Gasteiger partial charge is 0.286 e. The first-order chi connectivity index (χ1) is 14.9. The van der Waals surface area contributed by atoms with E-state index in [0.717, 1.165) is 25.7 Å². The Balaban J connectivity index is 1.66. The van der Waals surface area contributed by atoms with Gasteiger partial charge in [0, 0.05) is 31.1 Å². The summed E-state index contributed by atoms with van der Waals surface area (Å²) in [6.07, 6.45) is 6.58.